The third-order valence-corrected chi connectivity index (χ3v) is 5.82. The summed E-state index contributed by atoms with van der Waals surface area (Å²) in [5.41, 5.74) is 1.46. The molecule has 0 heterocycles. The van der Waals surface area contributed by atoms with Crippen LogP contribution in [-0.2, 0) is 10.1 Å². The maximum Gasteiger partial charge on any atom is 0.339 e. The molecule has 30 heavy (non-hydrogen) atoms. The summed E-state index contributed by atoms with van der Waals surface area (Å²) in [5, 5.41) is 0. The average molecular weight is 490 g/mol. The number of aliphatic imine (C=N–C) groups is 1. The Bertz CT molecular complexity index is 1130. The molecule has 0 aliphatic carbocycles. The van der Waals surface area contributed by atoms with E-state index in [1.807, 2.05) is 31.2 Å². The maximum absolute atomic E-state index is 12.6. The van der Waals surface area contributed by atoms with E-state index in [9.17, 15) is 8.42 Å². The molecule has 3 aromatic rings. The Balaban J connectivity index is 1.91. The van der Waals surface area contributed by atoms with Crippen LogP contribution in [0.15, 0.2) is 81.1 Å². The second kappa shape index (κ2) is 9.77. The molecule has 0 aliphatic rings. The van der Waals surface area contributed by atoms with Crippen LogP contribution in [-0.4, -0.2) is 28.3 Å². The standard InChI is InChI=1S/C22H20BrNO5S/c1-3-28-21-14-16(15-24-17-9-11-18(27-2)12-10-17)13-20(23)22(21)29-30(25,26)19-7-5-4-6-8-19/h4-15H,3H2,1-2H3. The number of hydrogen-bond donors (Lipinski definition) is 0. The molecule has 0 amide bonds. The Morgan fingerprint density at radius 2 is 1.73 bits per heavy atom. The number of rotatable bonds is 8. The van der Waals surface area contributed by atoms with Crippen molar-refractivity contribution in [3.05, 3.63) is 76.8 Å². The van der Waals surface area contributed by atoms with Crippen LogP contribution in [0.1, 0.15) is 12.5 Å². The van der Waals surface area contributed by atoms with Crippen molar-refractivity contribution in [1.29, 1.82) is 0 Å². The van der Waals surface area contributed by atoms with E-state index in [0.717, 1.165) is 11.4 Å². The largest absolute Gasteiger partial charge is 0.497 e. The predicted molar refractivity (Wildman–Crippen MR) is 120 cm³/mol. The van der Waals surface area contributed by atoms with E-state index in [2.05, 4.69) is 20.9 Å². The minimum Gasteiger partial charge on any atom is -0.497 e. The maximum atomic E-state index is 12.6. The van der Waals surface area contributed by atoms with Gasteiger partial charge >= 0.3 is 10.1 Å². The Morgan fingerprint density at radius 1 is 1.03 bits per heavy atom. The van der Waals surface area contributed by atoms with Gasteiger partial charge in [0, 0.05) is 6.21 Å². The molecule has 3 aromatic carbocycles. The summed E-state index contributed by atoms with van der Waals surface area (Å²) < 4.78 is 41.8. The molecule has 156 valence electrons. The van der Waals surface area contributed by atoms with Gasteiger partial charge in [0.2, 0.25) is 0 Å². The number of methoxy groups -OCH3 is 1. The lowest BCUT2D eigenvalue weighted by Crippen LogP contribution is -2.11. The van der Waals surface area contributed by atoms with Gasteiger partial charge in [0.25, 0.3) is 0 Å². The Hall–Kier alpha value is -2.84. The van der Waals surface area contributed by atoms with Crippen LogP contribution >= 0.6 is 15.9 Å². The molecule has 0 N–H and O–H groups in total. The van der Waals surface area contributed by atoms with Gasteiger partial charge in [0.05, 0.1) is 23.9 Å². The van der Waals surface area contributed by atoms with Crippen molar-refractivity contribution in [2.45, 2.75) is 11.8 Å². The molecule has 0 bridgehead atoms. The van der Waals surface area contributed by atoms with Crippen LogP contribution in [0.25, 0.3) is 0 Å². The molecule has 0 spiro atoms. The molecule has 3 rings (SSSR count). The quantitative estimate of drug-likeness (QED) is 0.313. The SMILES string of the molecule is CCOc1cc(C=Nc2ccc(OC)cc2)cc(Br)c1OS(=O)(=O)c1ccccc1. The van der Waals surface area contributed by atoms with E-state index >= 15 is 0 Å². The lowest BCUT2D eigenvalue weighted by molar-refractivity contribution is 0.327. The molecule has 0 aromatic heterocycles. The number of halogens is 1. The second-order valence-electron chi connectivity index (χ2n) is 6.07. The molecule has 8 heteroatoms. The summed E-state index contributed by atoms with van der Waals surface area (Å²) >= 11 is 3.39. The van der Waals surface area contributed by atoms with Crippen molar-refractivity contribution < 1.29 is 22.1 Å². The third-order valence-electron chi connectivity index (χ3n) is 3.99. The van der Waals surface area contributed by atoms with Gasteiger partial charge in [-0.15, -0.1) is 0 Å². The van der Waals surface area contributed by atoms with Crippen LogP contribution in [0.5, 0.6) is 17.2 Å². The minimum absolute atomic E-state index is 0.0597. The molecule has 0 aliphatic heterocycles. The molecule has 0 saturated heterocycles. The molecule has 0 fully saturated rings. The van der Waals surface area contributed by atoms with E-state index in [1.54, 1.807) is 43.7 Å². The molecule has 0 atom stereocenters. The Labute approximate surface area is 184 Å². The van der Waals surface area contributed by atoms with Crippen LogP contribution in [0.2, 0.25) is 0 Å². The molecule has 0 saturated carbocycles. The van der Waals surface area contributed by atoms with Gasteiger partial charge in [0.1, 0.15) is 10.6 Å². The van der Waals surface area contributed by atoms with Crippen molar-refractivity contribution in [3.63, 3.8) is 0 Å². The highest BCUT2D eigenvalue weighted by atomic mass is 79.9. The molecule has 6 nitrogen and oxygen atoms in total. The highest BCUT2D eigenvalue weighted by molar-refractivity contribution is 9.10. The number of nitrogens with zero attached hydrogens (tertiary/aromatic N) is 1. The Kier molecular flexibility index (Phi) is 7.12. The van der Waals surface area contributed by atoms with Crippen molar-refractivity contribution in [2.75, 3.05) is 13.7 Å². The topological polar surface area (TPSA) is 74.2 Å². The number of ether oxygens (including phenoxy) is 2. The smallest absolute Gasteiger partial charge is 0.339 e. The zero-order valence-electron chi connectivity index (χ0n) is 16.4. The van der Waals surface area contributed by atoms with Gasteiger partial charge in [0.15, 0.2) is 11.5 Å². The van der Waals surface area contributed by atoms with E-state index in [4.69, 9.17) is 13.7 Å². The molecule has 0 unspecified atom stereocenters. The normalized spacial score (nSPS) is 11.4. The predicted octanol–water partition coefficient (Wildman–Crippen LogP) is 5.37. The lowest BCUT2D eigenvalue weighted by atomic mass is 10.2. The van der Waals surface area contributed by atoms with Crippen molar-refractivity contribution >= 4 is 38.0 Å². The van der Waals surface area contributed by atoms with E-state index in [1.165, 1.54) is 12.1 Å². The highest BCUT2D eigenvalue weighted by Gasteiger charge is 2.21. The number of hydrogen-bond acceptors (Lipinski definition) is 6. The molecule has 0 radical (unpaired) electrons. The van der Waals surface area contributed by atoms with Gasteiger partial charge in [-0.25, -0.2) is 0 Å². The first-order valence-corrected chi connectivity index (χ1v) is 11.3. The fourth-order valence-electron chi connectivity index (χ4n) is 2.57. The number of benzene rings is 3. The minimum atomic E-state index is -4.01. The summed E-state index contributed by atoms with van der Waals surface area (Å²) in [6, 6.07) is 18.6. The zero-order valence-corrected chi connectivity index (χ0v) is 18.8. The van der Waals surface area contributed by atoms with Crippen LogP contribution in [0, 0.1) is 0 Å². The summed E-state index contributed by atoms with van der Waals surface area (Å²) in [5.74, 6) is 1.13. The Morgan fingerprint density at radius 3 is 2.37 bits per heavy atom. The molecular weight excluding hydrogens is 470 g/mol. The lowest BCUT2D eigenvalue weighted by Gasteiger charge is -2.14. The molecular formula is C22H20BrNO5S. The second-order valence-corrected chi connectivity index (χ2v) is 8.47. The van der Waals surface area contributed by atoms with Gasteiger partial charge in [-0.2, -0.15) is 8.42 Å². The van der Waals surface area contributed by atoms with Crippen LogP contribution in [0.4, 0.5) is 5.69 Å². The van der Waals surface area contributed by atoms with E-state index in [-0.39, 0.29) is 10.6 Å². The van der Waals surface area contributed by atoms with Crippen molar-refractivity contribution in [3.8, 4) is 17.2 Å². The van der Waals surface area contributed by atoms with Crippen LogP contribution < -0.4 is 13.7 Å². The fraction of sp³-hybridized carbons (Fsp3) is 0.136. The van der Waals surface area contributed by atoms with Gasteiger partial charge in [-0.3, -0.25) is 4.99 Å². The third kappa shape index (κ3) is 5.40. The highest BCUT2D eigenvalue weighted by Crippen LogP contribution is 2.38. The first-order valence-electron chi connectivity index (χ1n) is 9.07. The van der Waals surface area contributed by atoms with Crippen molar-refractivity contribution in [1.82, 2.24) is 0 Å². The summed E-state index contributed by atoms with van der Waals surface area (Å²) in [6.45, 7) is 2.15. The zero-order chi connectivity index (χ0) is 21.6. The first kappa shape index (κ1) is 21.9. The van der Waals surface area contributed by atoms with Gasteiger partial charge in [-0.05, 0) is 76.9 Å². The summed E-state index contributed by atoms with van der Waals surface area (Å²) in [4.78, 5) is 4.49. The first-order chi connectivity index (χ1) is 14.4. The van der Waals surface area contributed by atoms with E-state index in [0.29, 0.717) is 22.4 Å². The summed E-state index contributed by atoms with van der Waals surface area (Å²) in [7, 11) is -2.40. The van der Waals surface area contributed by atoms with E-state index < -0.39 is 10.1 Å². The summed E-state index contributed by atoms with van der Waals surface area (Å²) in [6.07, 6.45) is 1.66. The van der Waals surface area contributed by atoms with Gasteiger partial charge in [-0.1, -0.05) is 18.2 Å². The van der Waals surface area contributed by atoms with Crippen LogP contribution in [0.3, 0.4) is 0 Å². The fourth-order valence-corrected chi connectivity index (χ4v) is 4.19. The average Bonchev–Trinajstić information content (AvgIpc) is 2.76. The van der Waals surface area contributed by atoms with Gasteiger partial charge < -0.3 is 13.7 Å². The monoisotopic (exact) mass is 489 g/mol. The van der Waals surface area contributed by atoms with Crippen molar-refractivity contribution in [2.24, 2.45) is 4.99 Å².